The van der Waals surface area contributed by atoms with Crippen molar-refractivity contribution < 1.29 is 27.5 Å². The lowest BCUT2D eigenvalue weighted by Crippen LogP contribution is -2.58. The molecule has 2 aromatic rings. The monoisotopic (exact) mass is 597 g/mol. The minimum atomic E-state index is -3.67. The number of sulfone groups is 1. The molecule has 1 N–H and O–H groups in total. The molecule has 10 heteroatoms. The van der Waals surface area contributed by atoms with Gasteiger partial charge in [-0.25, -0.2) is 12.8 Å². The quantitative estimate of drug-likeness (QED) is 0.367. The summed E-state index contributed by atoms with van der Waals surface area (Å²) in [7, 11) is -3.67. The summed E-state index contributed by atoms with van der Waals surface area (Å²) in [4.78, 5) is 27.9. The Balaban J connectivity index is 1.97. The Kier molecular flexibility index (Phi) is 8.16. The van der Waals surface area contributed by atoms with Crippen LogP contribution < -0.4 is 0 Å². The summed E-state index contributed by atoms with van der Waals surface area (Å²) in [6, 6.07) is 9.99. The number of rotatable bonds is 8. The SMILES string of the molecule is CC(C)(C)S(=O)(=O)C[C@H](C1CC1)N1C(=O)[C@](C)(CC(=O)O)C[C@H](c2cccc(Cl)c2)[C@H]1c1ccc(Cl)c(F)c1. The first-order valence-electron chi connectivity index (χ1n) is 13.0. The van der Waals surface area contributed by atoms with E-state index in [0.717, 1.165) is 18.4 Å². The third-order valence-electron chi connectivity index (χ3n) is 8.05. The van der Waals surface area contributed by atoms with Gasteiger partial charge in [0.1, 0.15) is 5.82 Å². The number of carbonyl (C=O) groups is 2. The Bertz CT molecular complexity index is 1390. The third kappa shape index (κ3) is 6.13. The molecule has 1 aliphatic carbocycles. The highest BCUT2D eigenvalue weighted by Crippen LogP contribution is 2.54. The third-order valence-corrected chi connectivity index (χ3v) is 11.2. The van der Waals surface area contributed by atoms with Gasteiger partial charge in [0.2, 0.25) is 5.91 Å². The minimum Gasteiger partial charge on any atom is -0.481 e. The number of nitrogens with zero attached hydrogens (tertiary/aromatic N) is 1. The van der Waals surface area contributed by atoms with Crippen molar-refractivity contribution in [2.24, 2.45) is 11.3 Å². The van der Waals surface area contributed by atoms with Crippen LogP contribution in [0.25, 0.3) is 0 Å². The summed E-state index contributed by atoms with van der Waals surface area (Å²) in [5, 5.41) is 10.2. The molecular weight excluding hydrogens is 564 g/mol. The summed E-state index contributed by atoms with van der Waals surface area (Å²) >= 11 is 12.4. The Morgan fingerprint density at radius 2 is 1.82 bits per heavy atom. The Morgan fingerprint density at radius 3 is 2.36 bits per heavy atom. The zero-order chi connectivity index (χ0) is 28.9. The number of likely N-dealkylation sites (tertiary alicyclic amines) is 1. The summed E-state index contributed by atoms with van der Waals surface area (Å²) in [6.07, 6.45) is 1.22. The Hall–Kier alpha value is -2.16. The van der Waals surface area contributed by atoms with Crippen molar-refractivity contribution in [1.82, 2.24) is 4.90 Å². The van der Waals surface area contributed by atoms with E-state index in [1.165, 1.54) is 12.1 Å². The molecule has 1 aliphatic heterocycles. The van der Waals surface area contributed by atoms with Gasteiger partial charge >= 0.3 is 5.97 Å². The molecule has 1 saturated heterocycles. The van der Waals surface area contributed by atoms with Crippen LogP contribution in [0.5, 0.6) is 0 Å². The fourth-order valence-electron chi connectivity index (χ4n) is 5.68. The largest absolute Gasteiger partial charge is 0.481 e. The molecule has 1 heterocycles. The molecule has 0 bridgehead atoms. The number of piperidine rings is 1. The van der Waals surface area contributed by atoms with Crippen LogP contribution in [0.15, 0.2) is 42.5 Å². The topological polar surface area (TPSA) is 91.8 Å². The molecule has 4 rings (SSSR count). The molecule has 39 heavy (non-hydrogen) atoms. The number of carboxylic acid groups (broad SMARTS) is 1. The average Bonchev–Trinajstić information content (AvgIpc) is 3.65. The van der Waals surface area contributed by atoms with E-state index in [-0.39, 0.29) is 23.1 Å². The molecule has 1 saturated carbocycles. The van der Waals surface area contributed by atoms with E-state index in [1.807, 2.05) is 6.07 Å². The van der Waals surface area contributed by atoms with E-state index >= 15 is 0 Å². The summed E-state index contributed by atoms with van der Waals surface area (Å²) in [5.41, 5.74) is -0.101. The molecule has 0 radical (unpaired) electrons. The highest BCUT2D eigenvalue weighted by molar-refractivity contribution is 7.92. The normalized spacial score (nSPS) is 25.0. The predicted octanol–water partition coefficient (Wildman–Crippen LogP) is 6.66. The van der Waals surface area contributed by atoms with E-state index in [4.69, 9.17) is 23.2 Å². The van der Waals surface area contributed by atoms with E-state index in [2.05, 4.69) is 0 Å². The van der Waals surface area contributed by atoms with E-state index < -0.39 is 62.1 Å². The Labute approximate surface area is 239 Å². The maximum Gasteiger partial charge on any atom is 0.304 e. The second-order valence-electron chi connectivity index (χ2n) is 12.1. The number of halogens is 3. The van der Waals surface area contributed by atoms with Crippen molar-refractivity contribution in [2.45, 2.75) is 76.1 Å². The molecule has 0 spiro atoms. The summed E-state index contributed by atoms with van der Waals surface area (Å²) in [5.74, 6) is -3.05. The molecule has 1 amide bonds. The van der Waals surface area contributed by atoms with Crippen molar-refractivity contribution in [3.05, 3.63) is 69.5 Å². The molecule has 4 atom stereocenters. The number of hydrogen-bond donors (Lipinski definition) is 1. The molecule has 2 aromatic carbocycles. The van der Waals surface area contributed by atoms with Gasteiger partial charge in [0.05, 0.1) is 33.4 Å². The van der Waals surface area contributed by atoms with Crippen LogP contribution in [-0.4, -0.2) is 46.8 Å². The molecule has 6 nitrogen and oxygen atoms in total. The summed E-state index contributed by atoms with van der Waals surface area (Å²) < 4.78 is 40.8. The van der Waals surface area contributed by atoms with Gasteiger partial charge < -0.3 is 10.0 Å². The van der Waals surface area contributed by atoms with E-state index in [1.54, 1.807) is 56.9 Å². The standard InChI is InChI=1S/C29H34Cl2FNO5S/c1-28(2,3)39(37,38)16-24(17-8-9-17)33-26(19-10-11-22(31)23(32)13-19)21(18-6-5-7-20(30)12-18)14-29(4,27(33)36)15-25(34)35/h5-7,10-13,17,21,24,26H,8-9,14-16H2,1-4H3,(H,34,35)/t21-,24-,26-,29+/m1/s1. The van der Waals surface area contributed by atoms with Crippen LogP contribution in [0.1, 0.15) is 76.5 Å². The number of aliphatic carboxylic acids is 1. The number of benzene rings is 2. The van der Waals surface area contributed by atoms with Gasteiger partial charge in [-0.3, -0.25) is 9.59 Å². The molecule has 0 unspecified atom stereocenters. The van der Waals surface area contributed by atoms with E-state index in [0.29, 0.717) is 10.6 Å². The number of carbonyl (C=O) groups excluding carboxylic acids is 1. The highest BCUT2D eigenvalue weighted by atomic mass is 35.5. The predicted molar refractivity (Wildman–Crippen MR) is 150 cm³/mol. The number of carboxylic acids is 1. The van der Waals surface area contributed by atoms with Crippen LogP contribution in [0.4, 0.5) is 4.39 Å². The highest BCUT2D eigenvalue weighted by Gasteiger charge is 2.55. The van der Waals surface area contributed by atoms with Gasteiger partial charge in [-0.05, 0) is 81.3 Å². The van der Waals surface area contributed by atoms with Crippen molar-refractivity contribution in [1.29, 1.82) is 0 Å². The van der Waals surface area contributed by atoms with Crippen molar-refractivity contribution >= 4 is 44.9 Å². The zero-order valence-electron chi connectivity index (χ0n) is 22.5. The van der Waals surface area contributed by atoms with Gasteiger partial charge in [-0.2, -0.15) is 0 Å². The van der Waals surface area contributed by atoms with Gasteiger partial charge in [-0.1, -0.05) is 48.3 Å². The lowest BCUT2D eigenvalue weighted by atomic mass is 9.67. The van der Waals surface area contributed by atoms with E-state index in [9.17, 15) is 27.5 Å². The Morgan fingerprint density at radius 1 is 1.15 bits per heavy atom. The first-order chi connectivity index (χ1) is 18.0. The lowest BCUT2D eigenvalue weighted by Gasteiger charge is -2.52. The molecule has 212 valence electrons. The van der Waals surface area contributed by atoms with Gasteiger partial charge in [0.25, 0.3) is 0 Å². The second-order valence-corrected chi connectivity index (χ2v) is 15.8. The lowest BCUT2D eigenvalue weighted by molar-refractivity contribution is -0.160. The van der Waals surface area contributed by atoms with Gasteiger partial charge in [0.15, 0.2) is 9.84 Å². The van der Waals surface area contributed by atoms with Crippen molar-refractivity contribution in [3.63, 3.8) is 0 Å². The first kappa shape index (κ1) is 29.8. The fourth-order valence-corrected chi connectivity index (χ4v) is 7.38. The van der Waals surface area contributed by atoms with Gasteiger partial charge in [-0.15, -0.1) is 0 Å². The van der Waals surface area contributed by atoms with Crippen molar-refractivity contribution in [2.75, 3.05) is 5.75 Å². The number of amides is 1. The maximum absolute atomic E-state index is 14.8. The first-order valence-corrected chi connectivity index (χ1v) is 15.4. The van der Waals surface area contributed by atoms with Crippen LogP contribution in [0.3, 0.4) is 0 Å². The summed E-state index contributed by atoms with van der Waals surface area (Å²) in [6.45, 7) is 6.49. The zero-order valence-corrected chi connectivity index (χ0v) is 24.8. The molecular formula is C29H34Cl2FNO5S. The average molecular weight is 599 g/mol. The molecule has 2 aliphatic rings. The minimum absolute atomic E-state index is 0.0714. The van der Waals surface area contributed by atoms with Crippen LogP contribution >= 0.6 is 23.2 Å². The van der Waals surface area contributed by atoms with Crippen LogP contribution in [0, 0.1) is 17.2 Å². The van der Waals surface area contributed by atoms with Crippen molar-refractivity contribution in [3.8, 4) is 0 Å². The van der Waals surface area contributed by atoms with Gasteiger partial charge in [0, 0.05) is 17.0 Å². The smallest absolute Gasteiger partial charge is 0.304 e. The molecule has 2 fully saturated rings. The van der Waals surface area contributed by atoms with Crippen LogP contribution in [-0.2, 0) is 19.4 Å². The fraction of sp³-hybridized carbons (Fsp3) is 0.517. The van der Waals surface area contributed by atoms with Crippen LogP contribution in [0.2, 0.25) is 10.0 Å². The number of hydrogen-bond acceptors (Lipinski definition) is 4. The maximum atomic E-state index is 14.8. The second kappa shape index (κ2) is 10.7. The molecule has 0 aromatic heterocycles.